The Morgan fingerprint density at radius 2 is 2.14 bits per heavy atom. The van der Waals surface area contributed by atoms with Gasteiger partial charge in [-0.05, 0) is 37.2 Å². The number of amides is 1. The molecule has 112 valence electrons. The second-order valence-corrected chi connectivity index (χ2v) is 5.36. The summed E-state index contributed by atoms with van der Waals surface area (Å²) < 4.78 is 1.88. The molecule has 1 aromatic heterocycles. The Hall–Kier alpha value is -1.78. The Kier molecular flexibility index (Phi) is 5.42. The smallest absolute Gasteiger partial charge is 0.272 e. The van der Waals surface area contributed by atoms with Crippen molar-refractivity contribution in [3.8, 4) is 0 Å². The van der Waals surface area contributed by atoms with E-state index in [1.54, 1.807) is 12.3 Å². The Bertz CT molecular complexity index is 622. The van der Waals surface area contributed by atoms with E-state index in [9.17, 15) is 4.79 Å². The lowest BCUT2D eigenvalue weighted by Crippen LogP contribution is -2.17. The Morgan fingerprint density at radius 1 is 1.33 bits per heavy atom. The maximum Gasteiger partial charge on any atom is 0.272 e. The van der Waals surface area contributed by atoms with Gasteiger partial charge in [0.25, 0.3) is 5.91 Å². The fourth-order valence-corrected chi connectivity index (χ4v) is 2.47. The number of anilines is 1. The summed E-state index contributed by atoms with van der Waals surface area (Å²) in [5.41, 5.74) is 2.49. The van der Waals surface area contributed by atoms with Crippen LogP contribution >= 0.6 is 11.6 Å². The number of aromatic nitrogens is 1. The van der Waals surface area contributed by atoms with Gasteiger partial charge in [0.05, 0.1) is 5.02 Å². The quantitative estimate of drug-likeness (QED) is 0.857. The van der Waals surface area contributed by atoms with Gasteiger partial charge in [-0.15, -0.1) is 0 Å². The van der Waals surface area contributed by atoms with Crippen molar-refractivity contribution in [2.45, 2.75) is 26.4 Å². The van der Waals surface area contributed by atoms with Crippen molar-refractivity contribution in [1.29, 1.82) is 0 Å². The first-order valence-electron chi connectivity index (χ1n) is 7.04. The van der Waals surface area contributed by atoms with E-state index in [1.165, 1.54) is 0 Å². The Morgan fingerprint density at radius 3 is 2.86 bits per heavy atom. The summed E-state index contributed by atoms with van der Waals surface area (Å²) in [4.78, 5) is 12.4. The molecule has 21 heavy (non-hydrogen) atoms. The molecule has 0 atom stereocenters. The summed E-state index contributed by atoms with van der Waals surface area (Å²) in [5.74, 6) is -0.142. The number of rotatable bonds is 6. The van der Waals surface area contributed by atoms with Gasteiger partial charge in [0.15, 0.2) is 0 Å². The Balaban J connectivity index is 2.16. The van der Waals surface area contributed by atoms with Gasteiger partial charge in [0.2, 0.25) is 0 Å². The van der Waals surface area contributed by atoms with Crippen LogP contribution < -0.4 is 10.6 Å². The minimum Gasteiger partial charge on any atom is -0.342 e. The summed E-state index contributed by atoms with van der Waals surface area (Å²) in [5, 5.41) is 6.60. The van der Waals surface area contributed by atoms with Crippen LogP contribution in [0.2, 0.25) is 5.02 Å². The predicted molar refractivity (Wildman–Crippen MR) is 86.9 cm³/mol. The number of carbonyl (C=O) groups excluding carboxylic acids is 1. The molecule has 0 aliphatic rings. The lowest BCUT2D eigenvalue weighted by atomic mass is 10.2. The zero-order valence-electron chi connectivity index (χ0n) is 12.3. The highest BCUT2D eigenvalue weighted by Gasteiger charge is 2.13. The number of hydrogen-bond acceptors (Lipinski definition) is 2. The van der Waals surface area contributed by atoms with Crippen LogP contribution in [0, 0.1) is 0 Å². The van der Waals surface area contributed by atoms with Crippen molar-refractivity contribution in [2.24, 2.45) is 0 Å². The summed E-state index contributed by atoms with van der Waals surface area (Å²) in [6, 6.07) is 9.49. The number of nitrogens with one attached hydrogen (secondary N) is 2. The lowest BCUT2D eigenvalue weighted by molar-refractivity contribution is 0.101. The average Bonchev–Trinajstić information content (AvgIpc) is 2.81. The fraction of sp³-hybridized carbons (Fsp3) is 0.312. The molecule has 1 amide bonds. The first kappa shape index (κ1) is 15.6. The molecular formula is C16H20ClN3O. The second-order valence-electron chi connectivity index (χ2n) is 4.92. The predicted octanol–water partition coefficient (Wildman–Crippen LogP) is 3.52. The first-order chi connectivity index (χ1) is 10.1. The molecule has 4 nitrogen and oxygen atoms in total. The zero-order chi connectivity index (χ0) is 15.2. The first-order valence-corrected chi connectivity index (χ1v) is 7.42. The third kappa shape index (κ3) is 4.09. The molecule has 1 aromatic carbocycles. The van der Waals surface area contributed by atoms with Crippen LogP contribution in [0.4, 0.5) is 5.69 Å². The van der Waals surface area contributed by atoms with Gasteiger partial charge in [0.1, 0.15) is 5.69 Å². The maximum atomic E-state index is 12.4. The fourth-order valence-electron chi connectivity index (χ4n) is 2.25. The van der Waals surface area contributed by atoms with Crippen LogP contribution in [0.5, 0.6) is 0 Å². The third-order valence-electron chi connectivity index (χ3n) is 3.13. The molecule has 0 aliphatic heterocycles. The summed E-state index contributed by atoms with van der Waals surface area (Å²) >= 11 is 6.01. The summed E-state index contributed by atoms with van der Waals surface area (Å²) in [6.07, 6.45) is 2.74. The van der Waals surface area contributed by atoms with Crippen molar-refractivity contribution < 1.29 is 4.79 Å². The van der Waals surface area contributed by atoms with Gasteiger partial charge in [-0.3, -0.25) is 4.79 Å². The minimum atomic E-state index is -0.142. The van der Waals surface area contributed by atoms with Crippen molar-refractivity contribution in [2.75, 3.05) is 12.4 Å². The van der Waals surface area contributed by atoms with Gasteiger partial charge in [-0.1, -0.05) is 30.7 Å². The van der Waals surface area contributed by atoms with E-state index in [2.05, 4.69) is 17.6 Å². The number of nitrogens with zero attached hydrogens (tertiary/aromatic N) is 1. The summed E-state index contributed by atoms with van der Waals surface area (Å²) in [7, 11) is 1.89. The molecule has 0 unspecified atom stereocenters. The molecule has 0 saturated heterocycles. The van der Waals surface area contributed by atoms with Gasteiger partial charge in [-0.25, -0.2) is 0 Å². The van der Waals surface area contributed by atoms with E-state index in [0.29, 0.717) is 10.7 Å². The molecule has 5 heteroatoms. The maximum absolute atomic E-state index is 12.4. The number of hydrogen-bond donors (Lipinski definition) is 2. The number of halogens is 1. The van der Waals surface area contributed by atoms with E-state index >= 15 is 0 Å². The minimum absolute atomic E-state index is 0.142. The topological polar surface area (TPSA) is 46.1 Å². The van der Waals surface area contributed by atoms with Crippen molar-refractivity contribution >= 4 is 23.2 Å². The van der Waals surface area contributed by atoms with Gasteiger partial charge in [0, 0.05) is 25.0 Å². The van der Waals surface area contributed by atoms with Crippen LogP contribution in [-0.2, 0) is 13.1 Å². The zero-order valence-corrected chi connectivity index (χ0v) is 13.1. The van der Waals surface area contributed by atoms with Crippen LogP contribution in [0.3, 0.4) is 0 Å². The number of benzene rings is 1. The van der Waals surface area contributed by atoms with Crippen LogP contribution in [0.15, 0.2) is 36.5 Å². The molecule has 0 radical (unpaired) electrons. The lowest BCUT2D eigenvalue weighted by Gasteiger charge is -2.10. The van der Waals surface area contributed by atoms with Crippen LogP contribution in [0.25, 0.3) is 0 Å². The standard InChI is InChI=1S/C16H20ClN3O/c1-3-7-20-11-13(17)9-15(20)16(21)19-14-6-4-5-12(8-14)10-18-2/h4-6,8-9,11,18H,3,7,10H2,1-2H3,(H,19,21). The second kappa shape index (κ2) is 7.29. The molecule has 0 saturated carbocycles. The van der Waals surface area contributed by atoms with Gasteiger partial charge in [-0.2, -0.15) is 0 Å². The van der Waals surface area contributed by atoms with Gasteiger partial charge >= 0.3 is 0 Å². The highest BCUT2D eigenvalue weighted by Crippen LogP contribution is 2.17. The normalized spacial score (nSPS) is 10.6. The molecule has 0 aliphatic carbocycles. The highest BCUT2D eigenvalue weighted by atomic mass is 35.5. The molecule has 2 N–H and O–H groups in total. The van der Waals surface area contributed by atoms with E-state index in [0.717, 1.165) is 30.8 Å². The third-order valence-corrected chi connectivity index (χ3v) is 3.33. The monoisotopic (exact) mass is 305 g/mol. The van der Waals surface area contributed by atoms with E-state index in [4.69, 9.17) is 11.6 Å². The molecule has 0 fully saturated rings. The molecule has 0 bridgehead atoms. The van der Waals surface area contributed by atoms with Crippen molar-refractivity contribution in [3.05, 3.63) is 52.8 Å². The molecular weight excluding hydrogens is 286 g/mol. The van der Waals surface area contributed by atoms with Crippen molar-refractivity contribution in [1.82, 2.24) is 9.88 Å². The van der Waals surface area contributed by atoms with Crippen LogP contribution in [-0.4, -0.2) is 17.5 Å². The average molecular weight is 306 g/mol. The Labute approximate surface area is 130 Å². The molecule has 1 heterocycles. The molecule has 2 aromatic rings. The van der Waals surface area contributed by atoms with E-state index in [1.807, 2.05) is 35.9 Å². The number of carbonyl (C=O) groups is 1. The van der Waals surface area contributed by atoms with Crippen LogP contribution in [0.1, 0.15) is 29.4 Å². The molecule has 0 spiro atoms. The van der Waals surface area contributed by atoms with E-state index in [-0.39, 0.29) is 5.91 Å². The number of aryl methyl sites for hydroxylation is 1. The SMILES string of the molecule is CCCn1cc(Cl)cc1C(=O)Nc1cccc(CNC)c1. The molecule has 2 rings (SSSR count). The summed E-state index contributed by atoms with van der Waals surface area (Å²) in [6.45, 7) is 3.60. The van der Waals surface area contributed by atoms with Crippen molar-refractivity contribution in [3.63, 3.8) is 0 Å². The largest absolute Gasteiger partial charge is 0.342 e. The van der Waals surface area contributed by atoms with E-state index < -0.39 is 0 Å². The highest BCUT2D eigenvalue weighted by molar-refractivity contribution is 6.31. The van der Waals surface area contributed by atoms with Gasteiger partial charge < -0.3 is 15.2 Å².